The molecule has 1 aromatic heterocycles. The predicted molar refractivity (Wildman–Crippen MR) is 104 cm³/mol. The maximum atomic E-state index is 3.30. The van der Waals surface area contributed by atoms with Gasteiger partial charge in [-0.2, -0.15) is 0 Å². The van der Waals surface area contributed by atoms with Gasteiger partial charge in [-0.15, -0.1) is 0 Å². The average molecular weight is 320 g/mol. The molecule has 0 aliphatic carbocycles. The van der Waals surface area contributed by atoms with Crippen molar-refractivity contribution in [2.45, 2.75) is 117 Å². The number of H-pyrrole nitrogens is 1. The van der Waals surface area contributed by atoms with Crippen LogP contribution in [-0.4, -0.2) is 4.98 Å². The Kier molecular flexibility index (Phi) is 10.4. The van der Waals surface area contributed by atoms with Gasteiger partial charge in [-0.1, -0.05) is 98.3 Å². The van der Waals surface area contributed by atoms with Gasteiger partial charge in [0, 0.05) is 12.4 Å². The maximum Gasteiger partial charge on any atom is 0.00455 e. The molecule has 0 aliphatic heterocycles. The van der Waals surface area contributed by atoms with E-state index in [1.165, 1.54) is 94.6 Å². The van der Waals surface area contributed by atoms with E-state index in [2.05, 4.69) is 45.1 Å². The Bertz CT molecular complexity index is 383. The second kappa shape index (κ2) is 11.8. The van der Waals surface area contributed by atoms with Gasteiger partial charge in [0.1, 0.15) is 0 Å². The fourth-order valence-corrected chi connectivity index (χ4v) is 3.46. The highest BCUT2D eigenvalue weighted by atomic mass is 14.6. The fourth-order valence-electron chi connectivity index (χ4n) is 3.46. The summed E-state index contributed by atoms with van der Waals surface area (Å²) in [4.78, 5) is 3.30. The Labute approximate surface area is 145 Å². The highest BCUT2D eigenvalue weighted by Crippen LogP contribution is 2.26. The van der Waals surface area contributed by atoms with Crippen molar-refractivity contribution in [2.75, 3.05) is 0 Å². The Balaban J connectivity index is 1.95. The van der Waals surface area contributed by atoms with Crippen molar-refractivity contribution in [3.63, 3.8) is 0 Å². The lowest BCUT2D eigenvalue weighted by atomic mass is 9.85. The zero-order valence-electron chi connectivity index (χ0n) is 16.3. The third-order valence-corrected chi connectivity index (χ3v) is 4.94. The summed E-state index contributed by atoms with van der Waals surface area (Å²) < 4.78 is 0. The van der Waals surface area contributed by atoms with Crippen LogP contribution in [0.25, 0.3) is 0 Å². The van der Waals surface area contributed by atoms with Crippen LogP contribution < -0.4 is 0 Å². The summed E-state index contributed by atoms with van der Waals surface area (Å²) in [6, 6.07) is 0. The molecule has 0 aliphatic rings. The first-order valence-corrected chi connectivity index (χ1v) is 10.2. The van der Waals surface area contributed by atoms with Gasteiger partial charge in [0.25, 0.3) is 0 Å². The molecule has 1 rings (SSSR count). The van der Waals surface area contributed by atoms with Gasteiger partial charge in [0.2, 0.25) is 0 Å². The lowest BCUT2D eigenvalue weighted by molar-refractivity contribution is 0.542. The lowest BCUT2D eigenvalue weighted by Gasteiger charge is -2.19. The molecule has 0 unspecified atom stereocenters. The van der Waals surface area contributed by atoms with Crippen molar-refractivity contribution in [2.24, 2.45) is 0 Å². The van der Waals surface area contributed by atoms with Gasteiger partial charge in [0.15, 0.2) is 0 Å². The number of aryl methyl sites for hydroxylation is 1. The summed E-state index contributed by atoms with van der Waals surface area (Å²) in [5.41, 5.74) is 3.30. The molecule has 1 heterocycles. The minimum atomic E-state index is 0.270. The number of hydrogen-bond donors (Lipinski definition) is 1. The summed E-state index contributed by atoms with van der Waals surface area (Å²) in [5.74, 6) is 0. The van der Waals surface area contributed by atoms with E-state index < -0.39 is 0 Å². The third-order valence-electron chi connectivity index (χ3n) is 4.94. The lowest BCUT2D eigenvalue weighted by Crippen LogP contribution is -2.12. The van der Waals surface area contributed by atoms with Crippen LogP contribution in [0, 0.1) is 0 Å². The van der Waals surface area contributed by atoms with Crippen LogP contribution in [0.1, 0.15) is 116 Å². The summed E-state index contributed by atoms with van der Waals surface area (Å²) >= 11 is 0. The normalized spacial score (nSPS) is 12.0. The molecule has 1 nitrogen and oxygen atoms in total. The molecule has 0 spiro atoms. The van der Waals surface area contributed by atoms with Crippen molar-refractivity contribution in [1.29, 1.82) is 0 Å². The topological polar surface area (TPSA) is 15.8 Å². The largest absolute Gasteiger partial charge is 0.367 e. The minimum absolute atomic E-state index is 0.270. The van der Waals surface area contributed by atoms with Crippen LogP contribution in [0.2, 0.25) is 0 Å². The molecule has 0 bridgehead atoms. The van der Waals surface area contributed by atoms with Crippen LogP contribution in [-0.2, 0) is 11.8 Å². The van der Waals surface area contributed by atoms with E-state index in [9.17, 15) is 0 Å². The summed E-state index contributed by atoms with van der Waals surface area (Å²) in [5, 5.41) is 0. The molecule has 0 fully saturated rings. The average Bonchev–Trinajstić information content (AvgIpc) is 2.97. The standard InChI is InChI=1S/C22H41N/c1-5-6-7-8-9-10-11-12-13-14-15-16-17-20-18-23-19-21(20)22(2,3)4/h18-19,23H,5-17H2,1-4H3. The summed E-state index contributed by atoms with van der Waals surface area (Å²) in [6.07, 6.45) is 22.8. The van der Waals surface area contributed by atoms with Gasteiger partial charge in [0.05, 0.1) is 0 Å². The van der Waals surface area contributed by atoms with E-state index in [4.69, 9.17) is 0 Å². The van der Waals surface area contributed by atoms with Gasteiger partial charge in [-0.05, 0) is 29.4 Å². The molecular formula is C22H41N. The quantitative estimate of drug-likeness (QED) is 0.361. The van der Waals surface area contributed by atoms with E-state index in [1.54, 1.807) is 0 Å². The van der Waals surface area contributed by atoms with Crippen molar-refractivity contribution in [1.82, 2.24) is 4.98 Å². The number of unbranched alkanes of at least 4 members (excludes halogenated alkanes) is 11. The summed E-state index contributed by atoms with van der Waals surface area (Å²) in [7, 11) is 0. The Hall–Kier alpha value is -0.720. The molecule has 0 amide bonds. The van der Waals surface area contributed by atoms with Crippen molar-refractivity contribution in [3.8, 4) is 0 Å². The summed E-state index contributed by atoms with van der Waals surface area (Å²) in [6.45, 7) is 9.21. The number of rotatable bonds is 13. The van der Waals surface area contributed by atoms with Crippen LogP contribution in [0.5, 0.6) is 0 Å². The van der Waals surface area contributed by atoms with Crippen LogP contribution in [0.15, 0.2) is 12.4 Å². The van der Waals surface area contributed by atoms with Crippen LogP contribution in [0.3, 0.4) is 0 Å². The Morgan fingerprint density at radius 3 is 1.65 bits per heavy atom. The van der Waals surface area contributed by atoms with E-state index in [0.717, 1.165) is 0 Å². The Morgan fingerprint density at radius 2 is 1.17 bits per heavy atom. The van der Waals surface area contributed by atoms with Crippen molar-refractivity contribution >= 4 is 0 Å². The van der Waals surface area contributed by atoms with Crippen LogP contribution in [0.4, 0.5) is 0 Å². The van der Waals surface area contributed by atoms with Crippen molar-refractivity contribution in [3.05, 3.63) is 23.5 Å². The molecular weight excluding hydrogens is 278 g/mol. The Morgan fingerprint density at radius 1 is 0.696 bits per heavy atom. The molecule has 1 aromatic rings. The molecule has 0 saturated carbocycles. The van der Waals surface area contributed by atoms with Gasteiger partial charge in [-0.3, -0.25) is 0 Å². The fraction of sp³-hybridized carbons (Fsp3) is 0.818. The van der Waals surface area contributed by atoms with E-state index in [-0.39, 0.29) is 5.41 Å². The highest BCUT2D eigenvalue weighted by Gasteiger charge is 2.17. The van der Waals surface area contributed by atoms with Crippen molar-refractivity contribution < 1.29 is 0 Å². The number of aromatic nitrogens is 1. The molecule has 23 heavy (non-hydrogen) atoms. The second-order valence-electron chi connectivity index (χ2n) is 8.28. The second-order valence-corrected chi connectivity index (χ2v) is 8.28. The molecule has 0 atom stereocenters. The predicted octanol–water partition coefficient (Wildman–Crippen LogP) is 7.56. The first-order valence-electron chi connectivity index (χ1n) is 10.2. The zero-order chi connectivity index (χ0) is 17.0. The number of aromatic amines is 1. The molecule has 134 valence electrons. The van der Waals surface area contributed by atoms with E-state index in [0.29, 0.717) is 0 Å². The molecule has 1 heteroatoms. The molecule has 0 radical (unpaired) electrons. The molecule has 0 aromatic carbocycles. The SMILES string of the molecule is CCCCCCCCCCCCCCc1c[nH]cc1C(C)(C)C. The van der Waals surface area contributed by atoms with Gasteiger partial charge in [-0.25, -0.2) is 0 Å². The van der Waals surface area contributed by atoms with Crippen LogP contribution >= 0.6 is 0 Å². The minimum Gasteiger partial charge on any atom is -0.367 e. The molecule has 1 N–H and O–H groups in total. The number of nitrogens with one attached hydrogen (secondary N) is 1. The van der Waals surface area contributed by atoms with E-state index in [1.807, 2.05) is 0 Å². The molecule has 0 saturated heterocycles. The first-order chi connectivity index (χ1) is 11.1. The maximum absolute atomic E-state index is 3.30. The third kappa shape index (κ3) is 9.23. The highest BCUT2D eigenvalue weighted by molar-refractivity contribution is 5.29. The zero-order valence-corrected chi connectivity index (χ0v) is 16.3. The smallest absolute Gasteiger partial charge is 0.00455 e. The number of hydrogen-bond acceptors (Lipinski definition) is 0. The monoisotopic (exact) mass is 319 g/mol. The first kappa shape index (κ1) is 20.3. The van der Waals surface area contributed by atoms with Gasteiger partial charge >= 0.3 is 0 Å². The van der Waals surface area contributed by atoms with E-state index >= 15 is 0 Å². The van der Waals surface area contributed by atoms with Gasteiger partial charge < -0.3 is 4.98 Å².